The van der Waals surface area contributed by atoms with Crippen LogP contribution in [0.25, 0.3) is 16.3 Å². The number of hydrogen-bond acceptors (Lipinski definition) is 5. The molecule has 0 saturated carbocycles. The summed E-state index contributed by atoms with van der Waals surface area (Å²) in [4.78, 5) is 1.25. The van der Waals surface area contributed by atoms with E-state index in [1.807, 2.05) is 17.4 Å². The quantitative estimate of drug-likeness (QED) is 0.166. The number of hydrogen-bond donors (Lipinski definition) is 1. The van der Waals surface area contributed by atoms with E-state index >= 15 is 0 Å². The number of unbranched alkanes of at least 4 members (excludes halogenated alkanes) is 1. The molecule has 0 saturated heterocycles. The van der Waals surface area contributed by atoms with Crippen LogP contribution in [0.5, 0.6) is 5.75 Å². The van der Waals surface area contributed by atoms with E-state index in [2.05, 4.69) is 68.7 Å². The predicted octanol–water partition coefficient (Wildman–Crippen LogP) is 3.35. The Morgan fingerprint density at radius 2 is 1.92 bits per heavy atom. The third-order valence-electron chi connectivity index (χ3n) is 6.80. The number of methoxy groups -OCH3 is 1. The van der Waals surface area contributed by atoms with Gasteiger partial charge in [0.15, 0.2) is 0 Å². The first-order chi connectivity index (χ1) is 17.6. The van der Waals surface area contributed by atoms with Crippen LogP contribution in [0.2, 0.25) is 0 Å². The number of fused-ring (bicyclic) bond motifs is 2. The molecule has 0 fully saturated rings. The zero-order chi connectivity index (χ0) is 26.7. The molecule has 1 aliphatic rings. The van der Waals surface area contributed by atoms with Gasteiger partial charge in [-0.1, -0.05) is 0 Å². The van der Waals surface area contributed by atoms with Crippen molar-refractivity contribution in [2.24, 2.45) is 0 Å². The van der Waals surface area contributed by atoms with Gasteiger partial charge in [0.25, 0.3) is 0 Å². The Morgan fingerprint density at radius 3 is 2.59 bits per heavy atom. The average Bonchev–Trinajstić information content (AvgIpc) is 3.36. The molecule has 0 amide bonds. The van der Waals surface area contributed by atoms with Crippen molar-refractivity contribution in [3.8, 4) is 5.75 Å². The third-order valence-corrected chi connectivity index (χ3v) is 11.1. The zero-order valence-electron chi connectivity index (χ0n) is 22.1. The number of benzene rings is 2. The van der Waals surface area contributed by atoms with E-state index in [1.54, 1.807) is 7.11 Å². The van der Waals surface area contributed by atoms with Crippen molar-refractivity contribution in [2.75, 3.05) is 19.4 Å². The summed E-state index contributed by atoms with van der Waals surface area (Å²) >= 11 is 2.00. The van der Waals surface area contributed by atoms with E-state index in [1.165, 1.54) is 51.6 Å². The molecule has 4 rings (SSSR count). The molecule has 2 heterocycles. The van der Waals surface area contributed by atoms with Crippen molar-refractivity contribution in [3.63, 3.8) is 0 Å². The van der Waals surface area contributed by atoms with Crippen molar-refractivity contribution in [3.05, 3.63) is 62.7 Å². The Balaban J connectivity index is 1.69. The molecule has 1 aromatic heterocycles. The Labute approximate surface area is 230 Å². The fourth-order valence-corrected chi connectivity index (χ4v) is 8.97. The second kappa shape index (κ2) is 11.8. The van der Waals surface area contributed by atoms with Crippen molar-refractivity contribution >= 4 is 62.9 Å². The fourth-order valence-electron chi connectivity index (χ4n) is 4.59. The maximum atomic E-state index is 11.1. The van der Waals surface area contributed by atoms with Crippen LogP contribution in [0.1, 0.15) is 49.2 Å². The predicted molar refractivity (Wildman–Crippen MR) is 151 cm³/mol. The molecule has 1 aliphatic heterocycles. The molecule has 0 spiro atoms. The number of ether oxygens (including phenoxy) is 1. The first-order valence-corrected chi connectivity index (χ1v) is 16.8. The number of quaternary nitrogens is 1. The monoisotopic (exact) mass is 607 g/mol. The fraction of sp³-hybridized carbons (Fsp3) is 0.393. The number of rotatable bonds is 10. The minimum absolute atomic E-state index is 0.158. The van der Waals surface area contributed by atoms with Crippen LogP contribution in [0.3, 0.4) is 0 Å². The van der Waals surface area contributed by atoms with Gasteiger partial charge in [-0.3, -0.25) is 0 Å². The van der Waals surface area contributed by atoms with Gasteiger partial charge in [-0.05, 0) is 0 Å². The standard InChI is InChI=1S/C28H34N2O4S2Se/c1-6-21(16-27-29(7-2)23-14-19(3)20(4)15-25(23)35-27)17-28-30(12-8-9-13-36(31,32)33)24-18-22(34-5)10-11-26(24)37-28/h10-11,14-18H,6-9,12-13H2,1-5H3/p+1. The molecule has 2 aromatic carbocycles. The van der Waals surface area contributed by atoms with Gasteiger partial charge in [-0.25, -0.2) is 0 Å². The second-order valence-corrected chi connectivity index (χ2v) is 14.2. The van der Waals surface area contributed by atoms with Crippen LogP contribution in [0.15, 0.2) is 46.6 Å². The topological polar surface area (TPSA) is 74.8 Å². The van der Waals surface area contributed by atoms with Crippen LogP contribution in [-0.4, -0.2) is 47.3 Å². The normalized spacial score (nSPS) is 17.1. The average molecular weight is 607 g/mol. The van der Waals surface area contributed by atoms with Crippen molar-refractivity contribution in [2.45, 2.75) is 53.5 Å². The zero-order valence-corrected chi connectivity index (χ0v) is 25.4. The van der Waals surface area contributed by atoms with E-state index < -0.39 is 10.1 Å². The summed E-state index contributed by atoms with van der Waals surface area (Å²) in [5, 5.41) is 1.25. The number of thiazole rings is 1. The van der Waals surface area contributed by atoms with Gasteiger partial charge >= 0.3 is 231 Å². The molecule has 0 bridgehead atoms. The molecule has 1 unspecified atom stereocenters. The van der Waals surface area contributed by atoms with E-state index in [9.17, 15) is 13.0 Å². The summed E-state index contributed by atoms with van der Waals surface area (Å²) in [6.45, 7) is 10.4. The van der Waals surface area contributed by atoms with Gasteiger partial charge in [-0.2, -0.15) is 0 Å². The molecule has 1 atom stereocenters. The molecule has 198 valence electrons. The molecule has 1 N–H and O–H groups in total. The van der Waals surface area contributed by atoms with Gasteiger partial charge in [0, 0.05) is 0 Å². The Bertz CT molecular complexity index is 1480. The summed E-state index contributed by atoms with van der Waals surface area (Å²) < 4.78 is 45.1. The van der Waals surface area contributed by atoms with Crippen LogP contribution in [0, 0.1) is 13.8 Å². The van der Waals surface area contributed by atoms with Gasteiger partial charge < -0.3 is 0 Å². The number of nitrogens with one attached hydrogen (secondary N) is 1. The Kier molecular flexibility index (Phi) is 8.94. The van der Waals surface area contributed by atoms with Gasteiger partial charge in [0.05, 0.1) is 0 Å². The summed E-state index contributed by atoms with van der Waals surface area (Å²) in [6, 6.07) is 10.8. The van der Waals surface area contributed by atoms with E-state index in [4.69, 9.17) is 4.74 Å². The summed E-state index contributed by atoms with van der Waals surface area (Å²) in [5.41, 5.74) is 6.39. The molecule has 0 aliphatic carbocycles. The number of allylic oxidation sites excluding steroid dienone is 2. The Morgan fingerprint density at radius 1 is 1.16 bits per heavy atom. The molecule has 9 heteroatoms. The maximum absolute atomic E-state index is 11.1. The molecule has 0 radical (unpaired) electrons. The first kappa shape index (κ1) is 28.0. The Hall–Kier alpha value is -2.00. The summed E-state index contributed by atoms with van der Waals surface area (Å²) in [7, 11) is -2.51. The van der Waals surface area contributed by atoms with Crippen molar-refractivity contribution in [1.29, 1.82) is 0 Å². The van der Waals surface area contributed by atoms with Crippen LogP contribution < -0.4 is 18.7 Å². The van der Waals surface area contributed by atoms with Crippen LogP contribution >= 0.6 is 11.3 Å². The number of nitrogens with zero attached hydrogens (tertiary/aromatic N) is 1. The van der Waals surface area contributed by atoms with Gasteiger partial charge in [-0.15, -0.1) is 0 Å². The number of aromatic nitrogens is 1. The number of aryl methyl sites for hydroxylation is 3. The summed E-state index contributed by atoms with van der Waals surface area (Å²) in [6.07, 6.45) is 6.62. The third kappa shape index (κ3) is 6.53. The van der Waals surface area contributed by atoms with Crippen LogP contribution in [0.4, 0.5) is 5.69 Å². The van der Waals surface area contributed by atoms with Crippen LogP contribution in [-0.2, 0) is 16.7 Å². The minimum atomic E-state index is -4.19. The molecule has 6 nitrogen and oxygen atoms in total. The second-order valence-electron chi connectivity index (χ2n) is 9.33. The van der Waals surface area contributed by atoms with Gasteiger partial charge in [0.2, 0.25) is 0 Å². The van der Waals surface area contributed by atoms with E-state index in [0.29, 0.717) is 12.8 Å². The molecule has 3 aromatic rings. The molecular weight excluding hydrogens is 571 g/mol. The first-order valence-electron chi connectivity index (χ1n) is 12.6. The van der Waals surface area contributed by atoms with Gasteiger partial charge in [0.1, 0.15) is 0 Å². The van der Waals surface area contributed by atoms with E-state index in [0.717, 1.165) is 25.3 Å². The summed E-state index contributed by atoms with van der Waals surface area (Å²) in [5.74, 6) is 0.513. The molecular formula is C28H35N2O4S2Se+. The van der Waals surface area contributed by atoms with Crippen molar-refractivity contribution < 1.29 is 27.2 Å². The van der Waals surface area contributed by atoms with E-state index in [-0.39, 0.29) is 20.7 Å². The SMILES string of the molecule is CCC(=Cc1sc2cc(C)c(C)cc2[n+]1CC)C=C1[Se]c2ccc(OC)cc2[NH+]1CCCCS(=O)(=O)[O-]. The van der Waals surface area contributed by atoms with Crippen molar-refractivity contribution in [1.82, 2.24) is 0 Å². The molecule has 37 heavy (non-hydrogen) atoms.